The average molecular weight is 365 g/mol. The molecule has 0 saturated carbocycles. The molecule has 0 aliphatic carbocycles. The average Bonchev–Trinajstić information content (AvgIpc) is 2.98. The Hall–Kier alpha value is -2.55. The summed E-state index contributed by atoms with van der Waals surface area (Å²) in [6, 6.07) is 4.46. The number of benzene rings is 1. The fourth-order valence-corrected chi connectivity index (χ4v) is 2.75. The Labute approximate surface area is 148 Å². The molecule has 9 heteroatoms. The summed E-state index contributed by atoms with van der Waals surface area (Å²) in [5, 5.41) is 14.1. The SMILES string of the molecule is Cc1ccc(F)c(NC(=O)CCC(=O)NCCCc2nnc(N)s2)c1. The molecule has 0 fully saturated rings. The summed E-state index contributed by atoms with van der Waals surface area (Å²) in [4.78, 5) is 23.5. The van der Waals surface area contributed by atoms with Gasteiger partial charge in [0.1, 0.15) is 10.8 Å². The minimum atomic E-state index is -0.499. The van der Waals surface area contributed by atoms with Gasteiger partial charge < -0.3 is 16.4 Å². The number of rotatable bonds is 8. The number of nitrogens with one attached hydrogen (secondary N) is 2. The van der Waals surface area contributed by atoms with Gasteiger partial charge >= 0.3 is 0 Å². The van der Waals surface area contributed by atoms with Gasteiger partial charge in [0.05, 0.1) is 5.69 Å². The number of halogens is 1. The van der Waals surface area contributed by atoms with Crippen LogP contribution in [0.2, 0.25) is 0 Å². The molecule has 7 nitrogen and oxygen atoms in total. The molecule has 0 spiro atoms. The van der Waals surface area contributed by atoms with E-state index in [0.29, 0.717) is 24.5 Å². The van der Waals surface area contributed by atoms with E-state index < -0.39 is 11.7 Å². The maximum Gasteiger partial charge on any atom is 0.224 e. The van der Waals surface area contributed by atoms with E-state index in [2.05, 4.69) is 20.8 Å². The van der Waals surface area contributed by atoms with Crippen LogP contribution in [-0.4, -0.2) is 28.6 Å². The number of nitrogens with zero attached hydrogens (tertiary/aromatic N) is 2. The molecule has 0 unspecified atom stereocenters. The summed E-state index contributed by atoms with van der Waals surface area (Å²) in [5.41, 5.74) is 6.45. The largest absolute Gasteiger partial charge is 0.374 e. The van der Waals surface area contributed by atoms with Gasteiger partial charge in [-0.05, 0) is 31.0 Å². The molecular formula is C16H20FN5O2S. The first-order valence-electron chi connectivity index (χ1n) is 7.84. The molecule has 1 aromatic heterocycles. The molecule has 0 atom stereocenters. The van der Waals surface area contributed by atoms with Gasteiger partial charge in [0, 0.05) is 25.8 Å². The maximum atomic E-state index is 13.6. The second kappa shape index (κ2) is 9.07. The number of hydrogen-bond acceptors (Lipinski definition) is 6. The van der Waals surface area contributed by atoms with Crippen molar-refractivity contribution in [1.82, 2.24) is 15.5 Å². The van der Waals surface area contributed by atoms with Crippen LogP contribution in [0.15, 0.2) is 18.2 Å². The van der Waals surface area contributed by atoms with Gasteiger partial charge in [0.2, 0.25) is 16.9 Å². The van der Waals surface area contributed by atoms with E-state index in [1.807, 2.05) is 0 Å². The second-order valence-corrected chi connectivity index (χ2v) is 6.61. The normalized spacial score (nSPS) is 10.5. The molecule has 25 heavy (non-hydrogen) atoms. The van der Waals surface area contributed by atoms with Crippen LogP contribution >= 0.6 is 11.3 Å². The van der Waals surface area contributed by atoms with Crippen LogP contribution in [0.1, 0.15) is 29.8 Å². The minimum Gasteiger partial charge on any atom is -0.374 e. The molecule has 134 valence electrons. The molecule has 2 amide bonds. The third kappa shape index (κ3) is 6.46. The van der Waals surface area contributed by atoms with Crippen LogP contribution in [0, 0.1) is 12.7 Å². The molecule has 0 aliphatic heterocycles. The van der Waals surface area contributed by atoms with Crippen molar-refractivity contribution in [3.63, 3.8) is 0 Å². The zero-order valence-corrected chi connectivity index (χ0v) is 14.7. The van der Waals surface area contributed by atoms with Gasteiger partial charge in [-0.25, -0.2) is 4.39 Å². The first-order chi connectivity index (χ1) is 11.9. The zero-order valence-electron chi connectivity index (χ0n) is 13.8. The quantitative estimate of drug-likeness (QED) is 0.620. The van der Waals surface area contributed by atoms with Crippen molar-refractivity contribution in [2.24, 2.45) is 0 Å². The monoisotopic (exact) mass is 365 g/mol. The fraction of sp³-hybridized carbons (Fsp3) is 0.375. The van der Waals surface area contributed by atoms with Crippen molar-refractivity contribution in [3.8, 4) is 0 Å². The lowest BCUT2D eigenvalue weighted by atomic mass is 10.2. The molecule has 2 aromatic rings. The Morgan fingerprint density at radius 2 is 2.00 bits per heavy atom. The van der Waals surface area contributed by atoms with Gasteiger partial charge in [0.25, 0.3) is 0 Å². The molecular weight excluding hydrogens is 345 g/mol. The summed E-state index contributed by atoms with van der Waals surface area (Å²) >= 11 is 1.32. The molecule has 2 rings (SSSR count). The molecule has 0 radical (unpaired) electrons. The second-order valence-electron chi connectivity index (χ2n) is 5.52. The van der Waals surface area contributed by atoms with E-state index in [4.69, 9.17) is 5.73 Å². The molecule has 4 N–H and O–H groups in total. The van der Waals surface area contributed by atoms with E-state index in [-0.39, 0.29) is 24.4 Å². The summed E-state index contributed by atoms with van der Waals surface area (Å²) in [6.07, 6.45) is 1.43. The van der Waals surface area contributed by atoms with Crippen molar-refractivity contribution in [1.29, 1.82) is 0 Å². The first kappa shape index (κ1) is 18.8. The van der Waals surface area contributed by atoms with Gasteiger partial charge in [-0.3, -0.25) is 9.59 Å². The smallest absolute Gasteiger partial charge is 0.224 e. The van der Waals surface area contributed by atoms with Crippen molar-refractivity contribution in [2.75, 3.05) is 17.6 Å². The van der Waals surface area contributed by atoms with Crippen LogP contribution < -0.4 is 16.4 Å². The van der Waals surface area contributed by atoms with Crippen molar-refractivity contribution in [2.45, 2.75) is 32.6 Å². The topological polar surface area (TPSA) is 110 Å². The lowest BCUT2D eigenvalue weighted by molar-refractivity contribution is -0.124. The molecule has 0 bridgehead atoms. The number of aromatic nitrogens is 2. The van der Waals surface area contributed by atoms with E-state index in [1.165, 1.54) is 17.4 Å². The van der Waals surface area contributed by atoms with E-state index >= 15 is 0 Å². The number of nitrogens with two attached hydrogens (primary N) is 1. The minimum absolute atomic E-state index is 0.00779. The molecule has 0 saturated heterocycles. The predicted molar refractivity (Wildman–Crippen MR) is 94.7 cm³/mol. The first-order valence-corrected chi connectivity index (χ1v) is 8.66. The number of carbonyl (C=O) groups is 2. The van der Waals surface area contributed by atoms with Gasteiger partial charge in [-0.15, -0.1) is 10.2 Å². The molecule has 1 aromatic carbocycles. The van der Waals surface area contributed by atoms with Crippen molar-refractivity contribution in [3.05, 3.63) is 34.6 Å². The summed E-state index contributed by atoms with van der Waals surface area (Å²) in [6.45, 7) is 2.28. The number of carbonyl (C=O) groups excluding carboxylic acids is 2. The Morgan fingerprint density at radius 1 is 1.24 bits per heavy atom. The number of anilines is 2. The maximum absolute atomic E-state index is 13.6. The third-order valence-electron chi connectivity index (χ3n) is 3.35. The van der Waals surface area contributed by atoms with E-state index in [1.54, 1.807) is 19.1 Å². The number of amides is 2. The Balaban J connectivity index is 1.63. The van der Waals surface area contributed by atoms with Crippen LogP contribution in [0.25, 0.3) is 0 Å². The Kier molecular flexibility index (Phi) is 6.81. The molecule has 1 heterocycles. The Morgan fingerprint density at radius 3 is 2.72 bits per heavy atom. The third-order valence-corrected chi connectivity index (χ3v) is 4.16. The highest BCUT2D eigenvalue weighted by atomic mass is 32.1. The van der Waals surface area contributed by atoms with Crippen molar-refractivity contribution >= 4 is 34.0 Å². The highest BCUT2D eigenvalue weighted by Crippen LogP contribution is 2.16. The predicted octanol–water partition coefficient (Wildman–Crippen LogP) is 2.04. The zero-order chi connectivity index (χ0) is 18.2. The van der Waals surface area contributed by atoms with E-state index in [0.717, 1.165) is 10.6 Å². The number of hydrogen-bond donors (Lipinski definition) is 3. The van der Waals surface area contributed by atoms with Gasteiger partial charge in [0.15, 0.2) is 0 Å². The highest BCUT2D eigenvalue weighted by Gasteiger charge is 2.10. The number of aryl methyl sites for hydroxylation is 2. The van der Waals surface area contributed by atoms with E-state index in [9.17, 15) is 14.0 Å². The standard InChI is InChI=1S/C16H20FN5O2S/c1-10-4-5-11(17)12(9-10)20-14(24)7-6-13(23)19-8-2-3-15-21-22-16(18)25-15/h4-5,9H,2-3,6-8H2,1H3,(H2,18,22)(H,19,23)(H,20,24). The molecule has 0 aliphatic rings. The lowest BCUT2D eigenvalue weighted by Crippen LogP contribution is -2.26. The fourth-order valence-electron chi connectivity index (χ4n) is 2.10. The van der Waals surface area contributed by atoms with Crippen LogP contribution in [0.5, 0.6) is 0 Å². The number of nitrogen functional groups attached to an aromatic ring is 1. The summed E-state index contributed by atoms with van der Waals surface area (Å²) in [7, 11) is 0. The van der Waals surface area contributed by atoms with Crippen LogP contribution in [-0.2, 0) is 16.0 Å². The van der Waals surface area contributed by atoms with Crippen LogP contribution in [0.4, 0.5) is 15.2 Å². The van der Waals surface area contributed by atoms with Gasteiger partial charge in [-0.2, -0.15) is 0 Å². The van der Waals surface area contributed by atoms with Gasteiger partial charge in [-0.1, -0.05) is 17.4 Å². The van der Waals surface area contributed by atoms with Crippen molar-refractivity contribution < 1.29 is 14.0 Å². The summed E-state index contributed by atoms with van der Waals surface area (Å²) in [5.74, 6) is -1.12. The lowest BCUT2D eigenvalue weighted by Gasteiger charge is -2.08. The van der Waals surface area contributed by atoms with Crippen LogP contribution in [0.3, 0.4) is 0 Å². The Bertz CT molecular complexity index is 750. The summed E-state index contributed by atoms with van der Waals surface area (Å²) < 4.78 is 13.6. The highest BCUT2D eigenvalue weighted by molar-refractivity contribution is 7.15.